The molecule has 0 spiro atoms. The van der Waals surface area contributed by atoms with Crippen molar-refractivity contribution in [2.24, 2.45) is 0 Å². The van der Waals surface area contributed by atoms with E-state index in [0.717, 1.165) is 10.3 Å². The van der Waals surface area contributed by atoms with Gasteiger partial charge in [0.15, 0.2) is 0 Å². The van der Waals surface area contributed by atoms with E-state index in [1.165, 1.54) is 0 Å². The number of nitrogens with zero attached hydrogens (tertiary/aromatic N) is 1. The van der Waals surface area contributed by atoms with Gasteiger partial charge in [0.25, 0.3) is 0 Å². The lowest BCUT2D eigenvalue weighted by Gasteiger charge is -1.84. The van der Waals surface area contributed by atoms with Crippen LogP contribution in [0.3, 0.4) is 0 Å². The minimum Gasteiger partial charge on any atom is -0.285 e. The second-order valence-electron chi connectivity index (χ2n) is 1.72. The van der Waals surface area contributed by atoms with Crippen molar-refractivity contribution in [1.82, 2.24) is 0 Å². The van der Waals surface area contributed by atoms with Gasteiger partial charge in [-0.05, 0) is 6.07 Å². The van der Waals surface area contributed by atoms with E-state index in [2.05, 4.69) is 6.58 Å². The summed E-state index contributed by atoms with van der Waals surface area (Å²) in [6.45, 7) is 3.55. The summed E-state index contributed by atoms with van der Waals surface area (Å²) < 4.78 is 0.997. The molecule has 2 nitrogen and oxygen atoms in total. The van der Waals surface area contributed by atoms with Crippen molar-refractivity contribution in [2.45, 2.75) is 0 Å². The maximum absolute atomic E-state index is 8.81. The average Bonchev–Trinajstić information content (AvgIpc) is 1.88. The molecule has 0 bridgehead atoms. The van der Waals surface area contributed by atoms with E-state index >= 15 is 0 Å². The third-order valence-electron chi connectivity index (χ3n) is 1.04. The molecule has 0 saturated heterocycles. The monoisotopic (exact) mass is 122 g/mol. The molecular formula is C7H8NO+. The van der Waals surface area contributed by atoms with Crippen molar-refractivity contribution in [3.05, 3.63) is 36.7 Å². The third-order valence-corrected chi connectivity index (χ3v) is 1.04. The van der Waals surface area contributed by atoms with Gasteiger partial charge in [0.2, 0.25) is 12.4 Å². The summed E-state index contributed by atoms with van der Waals surface area (Å²) in [7, 11) is 0. The highest BCUT2D eigenvalue weighted by atomic mass is 16.5. The van der Waals surface area contributed by atoms with Gasteiger partial charge < -0.3 is 0 Å². The van der Waals surface area contributed by atoms with Gasteiger partial charge in [-0.3, -0.25) is 5.21 Å². The molecule has 1 aromatic rings. The van der Waals surface area contributed by atoms with Crippen molar-refractivity contribution in [2.75, 3.05) is 0 Å². The van der Waals surface area contributed by atoms with Gasteiger partial charge >= 0.3 is 0 Å². The van der Waals surface area contributed by atoms with Crippen LogP contribution in [0, 0.1) is 0 Å². The van der Waals surface area contributed by atoms with Crippen LogP contribution in [-0.4, -0.2) is 5.21 Å². The van der Waals surface area contributed by atoms with Crippen LogP contribution in [0.4, 0.5) is 0 Å². The van der Waals surface area contributed by atoms with Gasteiger partial charge in [-0.1, -0.05) is 12.7 Å². The van der Waals surface area contributed by atoms with Crippen LogP contribution in [-0.2, 0) is 0 Å². The Hall–Kier alpha value is -1.31. The maximum atomic E-state index is 8.81. The molecule has 46 valence electrons. The van der Waals surface area contributed by atoms with Crippen molar-refractivity contribution in [3.63, 3.8) is 0 Å². The Balaban J connectivity index is 3.07. The summed E-state index contributed by atoms with van der Waals surface area (Å²) in [5, 5.41) is 8.81. The molecule has 2 heteroatoms. The van der Waals surface area contributed by atoms with Crippen LogP contribution in [0.2, 0.25) is 0 Å². The molecule has 0 aliphatic heterocycles. The van der Waals surface area contributed by atoms with Gasteiger partial charge in [-0.25, -0.2) is 0 Å². The number of hydrogen-bond donors (Lipinski definition) is 1. The molecule has 1 rings (SSSR count). The fourth-order valence-corrected chi connectivity index (χ4v) is 0.602. The lowest BCUT2D eigenvalue weighted by Crippen LogP contribution is -2.28. The van der Waals surface area contributed by atoms with Crippen molar-refractivity contribution < 1.29 is 9.94 Å². The van der Waals surface area contributed by atoms with E-state index < -0.39 is 0 Å². The van der Waals surface area contributed by atoms with Gasteiger partial charge in [0.1, 0.15) is 0 Å². The summed E-state index contributed by atoms with van der Waals surface area (Å²) in [4.78, 5) is 0. The smallest absolute Gasteiger partial charge is 0.229 e. The summed E-state index contributed by atoms with van der Waals surface area (Å²) in [5.74, 6) is 0. The fraction of sp³-hybridized carbons (Fsp3) is 0. The predicted molar refractivity (Wildman–Crippen MR) is 33.9 cm³/mol. The van der Waals surface area contributed by atoms with Crippen LogP contribution in [0.25, 0.3) is 6.08 Å². The van der Waals surface area contributed by atoms with E-state index in [1.807, 2.05) is 6.07 Å². The average molecular weight is 122 g/mol. The summed E-state index contributed by atoms with van der Waals surface area (Å²) in [6.07, 6.45) is 4.80. The number of aromatic nitrogens is 1. The Morgan fingerprint density at radius 2 is 2.44 bits per heavy atom. The minimum atomic E-state index is 0.903. The van der Waals surface area contributed by atoms with Gasteiger partial charge in [-0.15, -0.1) is 0 Å². The van der Waals surface area contributed by atoms with Crippen molar-refractivity contribution in [3.8, 4) is 0 Å². The first-order chi connectivity index (χ1) is 4.33. The van der Waals surface area contributed by atoms with E-state index in [9.17, 15) is 0 Å². The topological polar surface area (TPSA) is 24.1 Å². The van der Waals surface area contributed by atoms with Gasteiger partial charge in [0, 0.05) is 16.4 Å². The molecule has 0 aliphatic rings. The number of pyridine rings is 1. The summed E-state index contributed by atoms with van der Waals surface area (Å²) >= 11 is 0. The zero-order valence-electron chi connectivity index (χ0n) is 4.99. The van der Waals surface area contributed by atoms with E-state index in [0.29, 0.717) is 0 Å². The highest BCUT2D eigenvalue weighted by Gasteiger charge is 1.93. The zero-order valence-corrected chi connectivity index (χ0v) is 4.99. The summed E-state index contributed by atoms with van der Waals surface area (Å²) in [6, 6.07) is 3.61. The molecule has 1 N–H and O–H groups in total. The Labute approximate surface area is 53.6 Å². The predicted octanol–water partition coefficient (Wildman–Crippen LogP) is 0.854. The molecule has 1 aromatic heterocycles. The lowest BCUT2D eigenvalue weighted by molar-refractivity contribution is -0.904. The molecule has 1 heterocycles. The summed E-state index contributed by atoms with van der Waals surface area (Å²) in [5.41, 5.74) is 0.903. The quantitative estimate of drug-likeness (QED) is 0.433. The van der Waals surface area contributed by atoms with E-state index in [1.54, 1.807) is 24.5 Å². The van der Waals surface area contributed by atoms with Crippen LogP contribution in [0.1, 0.15) is 5.56 Å². The van der Waals surface area contributed by atoms with Crippen LogP contribution in [0.5, 0.6) is 0 Å². The zero-order chi connectivity index (χ0) is 6.69. The molecule has 0 aliphatic carbocycles. The standard InChI is InChI=1S/C7H8NO/c1-2-7-4-3-5-8(9)6-7/h2-6,9H,1H2/q+1. The Morgan fingerprint density at radius 1 is 1.67 bits per heavy atom. The first-order valence-electron chi connectivity index (χ1n) is 2.66. The molecular weight excluding hydrogens is 114 g/mol. The molecule has 9 heavy (non-hydrogen) atoms. The first kappa shape index (κ1) is 5.82. The Bertz CT molecular complexity index is 220. The minimum absolute atomic E-state index is 0.903. The molecule has 0 atom stereocenters. The number of hydrogen-bond acceptors (Lipinski definition) is 1. The van der Waals surface area contributed by atoms with Crippen LogP contribution in [0.15, 0.2) is 31.1 Å². The molecule has 0 saturated carbocycles. The highest BCUT2D eigenvalue weighted by molar-refractivity contribution is 5.43. The molecule has 0 fully saturated rings. The molecule has 0 radical (unpaired) electrons. The van der Waals surface area contributed by atoms with Gasteiger partial charge in [0.05, 0.1) is 0 Å². The third kappa shape index (κ3) is 1.29. The highest BCUT2D eigenvalue weighted by Crippen LogP contribution is 1.93. The normalized spacial score (nSPS) is 8.89. The van der Waals surface area contributed by atoms with E-state index in [-0.39, 0.29) is 0 Å². The van der Waals surface area contributed by atoms with Crippen LogP contribution >= 0.6 is 0 Å². The van der Waals surface area contributed by atoms with Gasteiger partial charge in [-0.2, -0.15) is 0 Å². The molecule has 0 aromatic carbocycles. The molecule has 0 amide bonds. The largest absolute Gasteiger partial charge is 0.285 e. The molecule has 0 unspecified atom stereocenters. The Kier molecular flexibility index (Phi) is 1.49. The second kappa shape index (κ2) is 2.31. The Morgan fingerprint density at radius 3 is 2.89 bits per heavy atom. The second-order valence-corrected chi connectivity index (χ2v) is 1.72. The first-order valence-corrected chi connectivity index (χ1v) is 2.66. The fourth-order valence-electron chi connectivity index (χ4n) is 0.602. The number of rotatable bonds is 1. The van der Waals surface area contributed by atoms with Crippen molar-refractivity contribution in [1.29, 1.82) is 0 Å². The lowest BCUT2D eigenvalue weighted by atomic mass is 10.3. The maximum Gasteiger partial charge on any atom is 0.229 e. The SMILES string of the molecule is C=Cc1ccc[n+](O)c1. The van der Waals surface area contributed by atoms with Crippen molar-refractivity contribution >= 4 is 6.08 Å². The van der Waals surface area contributed by atoms with E-state index in [4.69, 9.17) is 5.21 Å². The van der Waals surface area contributed by atoms with Crippen LogP contribution < -0.4 is 4.73 Å².